The van der Waals surface area contributed by atoms with Crippen molar-refractivity contribution in [1.82, 2.24) is 10.0 Å². The van der Waals surface area contributed by atoms with Crippen LogP contribution >= 0.6 is 46.4 Å². The number of imide groups is 1. The Balaban J connectivity index is 1.99. The predicted octanol–water partition coefficient (Wildman–Crippen LogP) is 4.69. The number of amides is 3. The van der Waals surface area contributed by atoms with Crippen LogP contribution in [-0.4, -0.2) is 40.1 Å². The molecule has 0 N–H and O–H groups in total. The van der Waals surface area contributed by atoms with Gasteiger partial charge in [0.05, 0.1) is 15.6 Å². The van der Waals surface area contributed by atoms with Gasteiger partial charge >= 0.3 is 0 Å². The summed E-state index contributed by atoms with van der Waals surface area (Å²) in [6.45, 7) is -0.601. The quantitative estimate of drug-likeness (QED) is 0.466. The lowest BCUT2D eigenvalue weighted by molar-refractivity contribution is -0.152. The SMILES string of the molecule is O=C(CN(C(=O)c1ccc(Cl)cc1Cl)N1C(=O)CCC1=O)c1ccc(Cl)cc1Cl. The van der Waals surface area contributed by atoms with Crippen LogP contribution in [0.15, 0.2) is 36.4 Å². The largest absolute Gasteiger partial charge is 0.292 e. The normalized spacial score (nSPS) is 13.7. The first-order valence-corrected chi connectivity index (χ1v) is 9.81. The Hall–Kier alpha value is -2.12. The van der Waals surface area contributed by atoms with Crippen molar-refractivity contribution in [3.8, 4) is 0 Å². The third-order valence-electron chi connectivity index (χ3n) is 4.19. The van der Waals surface area contributed by atoms with E-state index in [0.29, 0.717) is 15.1 Å². The Morgan fingerprint density at radius 2 is 1.31 bits per heavy atom. The van der Waals surface area contributed by atoms with E-state index >= 15 is 0 Å². The summed E-state index contributed by atoms with van der Waals surface area (Å²) in [5.74, 6) is -2.57. The van der Waals surface area contributed by atoms with Gasteiger partial charge in [0.2, 0.25) is 11.8 Å². The second kappa shape index (κ2) is 8.71. The fourth-order valence-electron chi connectivity index (χ4n) is 2.81. The first-order chi connectivity index (χ1) is 13.7. The molecule has 0 aromatic heterocycles. The third kappa shape index (κ3) is 4.56. The highest BCUT2D eigenvalue weighted by Gasteiger charge is 2.38. The zero-order chi connectivity index (χ0) is 21.3. The second-order valence-corrected chi connectivity index (χ2v) is 7.82. The molecule has 150 valence electrons. The molecule has 29 heavy (non-hydrogen) atoms. The topological polar surface area (TPSA) is 74.8 Å². The Morgan fingerprint density at radius 3 is 1.79 bits per heavy atom. The standard InChI is InChI=1S/C19H12Cl4N2O4/c20-10-1-3-12(14(22)7-10)16(26)9-24(25-17(27)5-6-18(25)28)19(29)13-4-2-11(21)8-15(13)23/h1-4,7-8H,5-6,9H2. The summed E-state index contributed by atoms with van der Waals surface area (Å²) < 4.78 is 0. The van der Waals surface area contributed by atoms with Gasteiger partial charge in [0.1, 0.15) is 6.54 Å². The van der Waals surface area contributed by atoms with Gasteiger partial charge in [-0.05, 0) is 36.4 Å². The van der Waals surface area contributed by atoms with E-state index in [1.54, 1.807) is 0 Å². The zero-order valence-corrected chi connectivity index (χ0v) is 17.6. The molecule has 3 rings (SSSR count). The van der Waals surface area contributed by atoms with Gasteiger partial charge in [0.15, 0.2) is 5.78 Å². The van der Waals surface area contributed by atoms with Crippen molar-refractivity contribution >= 4 is 69.9 Å². The molecule has 0 unspecified atom stereocenters. The zero-order valence-electron chi connectivity index (χ0n) is 14.6. The average molecular weight is 474 g/mol. The first-order valence-electron chi connectivity index (χ1n) is 8.30. The van der Waals surface area contributed by atoms with Crippen molar-refractivity contribution in [2.24, 2.45) is 0 Å². The highest BCUT2D eigenvalue weighted by Crippen LogP contribution is 2.26. The van der Waals surface area contributed by atoms with Gasteiger partial charge in [0.25, 0.3) is 5.91 Å². The van der Waals surface area contributed by atoms with Crippen LogP contribution in [0.1, 0.15) is 33.6 Å². The Kier molecular flexibility index (Phi) is 6.49. The number of rotatable bonds is 5. The number of Topliss-reactive ketones (excluding diaryl/α,β-unsaturated/α-hetero) is 1. The highest BCUT2D eigenvalue weighted by atomic mass is 35.5. The molecule has 10 heteroatoms. The molecule has 1 aliphatic rings. The predicted molar refractivity (Wildman–Crippen MR) is 109 cm³/mol. The number of nitrogens with zero attached hydrogens (tertiary/aromatic N) is 2. The van der Waals surface area contributed by atoms with Crippen molar-refractivity contribution in [2.75, 3.05) is 6.54 Å². The number of benzene rings is 2. The fraction of sp³-hybridized carbons (Fsp3) is 0.158. The molecule has 2 aromatic carbocycles. The monoisotopic (exact) mass is 472 g/mol. The van der Waals surface area contributed by atoms with E-state index in [1.165, 1.54) is 36.4 Å². The van der Waals surface area contributed by atoms with Gasteiger partial charge < -0.3 is 0 Å². The van der Waals surface area contributed by atoms with Crippen molar-refractivity contribution in [3.63, 3.8) is 0 Å². The molecule has 1 aliphatic heterocycles. The fourth-order valence-corrected chi connectivity index (χ4v) is 3.81. The van der Waals surface area contributed by atoms with Crippen molar-refractivity contribution in [1.29, 1.82) is 0 Å². The molecule has 2 aromatic rings. The van der Waals surface area contributed by atoms with E-state index in [1.807, 2.05) is 0 Å². The van der Waals surface area contributed by atoms with Gasteiger partial charge in [-0.25, -0.2) is 5.01 Å². The summed E-state index contributed by atoms with van der Waals surface area (Å²) in [5.41, 5.74) is 0.0775. The van der Waals surface area contributed by atoms with E-state index in [9.17, 15) is 19.2 Å². The Labute approximate surface area is 185 Å². The smallest absolute Gasteiger partial charge is 0.274 e. The van der Waals surface area contributed by atoms with Crippen LogP contribution in [0.4, 0.5) is 0 Å². The molecule has 0 bridgehead atoms. The van der Waals surface area contributed by atoms with Crippen molar-refractivity contribution in [3.05, 3.63) is 67.6 Å². The van der Waals surface area contributed by atoms with Gasteiger partial charge in [0, 0.05) is 28.5 Å². The third-order valence-corrected chi connectivity index (χ3v) is 5.28. The van der Waals surface area contributed by atoms with Crippen LogP contribution in [0, 0.1) is 0 Å². The van der Waals surface area contributed by atoms with Gasteiger partial charge in [-0.3, -0.25) is 19.2 Å². The van der Waals surface area contributed by atoms with Gasteiger partial charge in [-0.1, -0.05) is 46.4 Å². The lowest BCUT2D eigenvalue weighted by Gasteiger charge is -2.29. The number of carbonyl (C=O) groups excluding carboxylic acids is 4. The number of hydrogen-bond acceptors (Lipinski definition) is 4. The molecule has 0 spiro atoms. The molecule has 0 aliphatic carbocycles. The summed E-state index contributed by atoms with van der Waals surface area (Å²) in [4.78, 5) is 50.4. The van der Waals surface area contributed by atoms with Crippen molar-refractivity contribution in [2.45, 2.75) is 12.8 Å². The lowest BCUT2D eigenvalue weighted by Crippen LogP contribution is -2.51. The summed E-state index contributed by atoms with van der Waals surface area (Å²) in [7, 11) is 0. The second-order valence-electron chi connectivity index (χ2n) is 6.13. The molecule has 1 saturated heterocycles. The van der Waals surface area contributed by atoms with Crippen LogP contribution in [0.25, 0.3) is 0 Å². The van der Waals surface area contributed by atoms with Crippen LogP contribution in [0.5, 0.6) is 0 Å². The highest BCUT2D eigenvalue weighted by molar-refractivity contribution is 6.37. The number of ketones is 1. The van der Waals surface area contributed by atoms with Gasteiger partial charge in [-0.2, -0.15) is 5.01 Å². The summed E-state index contributed by atoms with van der Waals surface area (Å²) in [6.07, 6.45) is -0.125. The molecule has 6 nitrogen and oxygen atoms in total. The number of hydrazine groups is 1. The summed E-state index contributed by atoms with van der Waals surface area (Å²) in [6, 6.07) is 8.38. The van der Waals surface area contributed by atoms with E-state index in [2.05, 4.69) is 0 Å². The van der Waals surface area contributed by atoms with Crippen LogP contribution in [-0.2, 0) is 9.59 Å². The summed E-state index contributed by atoms with van der Waals surface area (Å²) in [5, 5.41) is 2.18. The summed E-state index contributed by atoms with van der Waals surface area (Å²) >= 11 is 23.9. The number of carbonyl (C=O) groups is 4. The van der Waals surface area contributed by atoms with Crippen LogP contribution in [0.3, 0.4) is 0 Å². The van der Waals surface area contributed by atoms with E-state index in [4.69, 9.17) is 46.4 Å². The first kappa shape index (κ1) is 21.6. The lowest BCUT2D eigenvalue weighted by atomic mass is 10.1. The molecule has 0 saturated carbocycles. The number of hydrogen-bond donors (Lipinski definition) is 0. The Morgan fingerprint density at radius 1 is 0.828 bits per heavy atom. The van der Waals surface area contributed by atoms with E-state index in [-0.39, 0.29) is 34.0 Å². The molecule has 0 radical (unpaired) electrons. The molecular formula is C19H12Cl4N2O4. The van der Waals surface area contributed by atoms with E-state index in [0.717, 1.165) is 5.01 Å². The molecule has 3 amide bonds. The van der Waals surface area contributed by atoms with Crippen LogP contribution in [0.2, 0.25) is 20.1 Å². The average Bonchev–Trinajstić information content (AvgIpc) is 2.97. The minimum absolute atomic E-state index is 0.0152. The molecular weight excluding hydrogens is 462 g/mol. The minimum atomic E-state index is -0.797. The number of halogens is 4. The Bertz CT molecular complexity index is 1020. The maximum atomic E-state index is 13.1. The molecule has 1 fully saturated rings. The van der Waals surface area contributed by atoms with Gasteiger partial charge in [-0.15, -0.1) is 0 Å². The molecule has 0 atom stereocenters. The maximum absolute atomic E-state index is 13.1. The molecule has 1 heterocycles. The maximum Gasteiger partial charge on any atom is 0.274 e. The minimum Gasteiger partial charge on any atom is -0.292 e. The van der Waals surface area contributed by atoms with E-state index < -0.39 is 30.0 Å². The van der Waals surface area contributed by atoms with Crippen molar-refractivity contribution < 1.29 is 19.2 Å². The van der Waals surface area contributed by atoms with Crippen LogP contribution < -0.4 is 0 Å².